The maximum absolute atomic E-state index is 12.3. The van der Waals surface area contributed by atoms with Crippen LogP contribution in [0.3, 0.4) is 0 Å². The number of fused-ring (bicyclic) bond motifs is 1. The van der Waals surface area contributed by atoms with Gasteiger partial charge in [-0.05, 0) is 50.6 Å². The number of thiazole rings is 1. The standard InChI is InChI=1S/C20H28N4O2S/c1-12-5-7-16(24(10-12)20(26)18(21)25)14-6-8-17-15(9-14)22-19(27-17)13(2)11-23(3)4/h6,8-9,12-13,16H,5,7,10-11H2,1-4H3,(H2,21,25)/t12-,13?,16+/m0/s1. The van der Waals surface area contributed by atoms with Crippen LogP contribution in [0.25, 0.3) is 10.2 Å². The van der Waals surface area contributed by atoms with Crippen LogP contribution < -0.4 is 5.73 Å². The van der Waals surface area contributed by atoms with Crippen molar-refractivity contribution in [1.82, 2.24) is 14.8 Å². The van der Waals surface area contributed by atoms with Crippen molar-refractivity contribution in [2.45, 2.75) is 38.6 Å². The highest BCUT2D eigenvalue weighted by Crippen LogP contribution is 2.36. The van der Waals surface area contributed by atoms with Crippen LogP contribution in [0.2, 0.25) is 0 Å². The SMILES string of the molecule is CC(CN(C)C)c1nc2cc([C@H]3CC[C@H](C)CN3C(=O)C(N)=O)ccc2s1. The molecule has 0 radical (unpaired) electrons. The third-order valence-corrected chi connectivity index (χ3v) is 6.43. The first kappa shape index (κ1) is 19.8. The molecular formula is C20H28N4O2S. The summed E-state index contributed by atoms with van der Waals surface area (Å²) in [5.74, 6) is -0.746. The van der Waals surface area contributed by atoms with Crippen LogP contribution in [0.5, 0.6) is 0 Å². The number of aromatic nitrogens is 1. The minimum Gasteiger partial charge on any atom is -0.361 e. The Balaban J connectivity index is 1.91. The van der Waals surface area contributed by atoms with Gasteiger partial charge in [-0.3, -0.25) is 9.59 Å². The second-order valence-electron chi connectivity index (χ2n) is 7.96. The third-order valence-electron chi connectivity index (χ3n) is 5.16. The number of nitrogens with zero attached hydrogens (tertiary/aromatic N) is 3. The molecule has 2 amide bonds. The molecule has 0 aliphatic carbocycles. The first-order valence-corrected chi connectivity index (χ1v) is 10.2. The Morgan fingerprint density at radius 2 is 2.11 bits per heavy atom. The zero-order valence-electron chi connectivity index (χ0n) is 16.4. The Kier molecular flexibility index (Phi) is 5.81. The highest BCUT2D eigenvalue weighted by molar-refractivity contribution is 7.18. The summed E-state index contributed by atoms with van der Waals surface area (Å²) in [7, 11) is 4.13. The van der Waals surface area contributed by atoms with Crippen LogP contribution in [0.1, 0.15) is 49.2 Å². The molecule has 1 unspecified atom stereocenters. The van der Waals surface area contributed by atoms with E-state index in [2.05, 4.69) is 51.0 Å². The van der Waals surface area contributed by atoms with E-state index in [0.717, 1.165) is 40.2 Å². The lowest BCUT2D eigenvalue weighted by Gasteiger charge is -2.38. The predicted molar refractivity (Wildman–Crippen MR) is 109 cm³/mol. The number of likely N-dealkylation sites (tertiary alicyclic amines) is 1. The van der Waals surface area contributed by atoms with Crippen LogP contribution in [0.4, 0.5) is 0 Å². The highest BCUT2D eigenvalue weighted by Gasteiger charge is 2.33. The van der Waals surface area contributed by atoms with Crippen molar-refractivity contribution in [2.75, 3.05) is 27.2 Å². The lowest BCUT2D eigenvalue weighted by molar-refractivity contribution is -0.147. The fourth-order valence-electron chi connectivity index (χ4n) is 3.87. The fourth-order valence-corrected chi connectivity index (χ4v) is 4.86. The molecule has 1 aromatic heterocycles. The minimum atomic E-state index is -0.886. The van der Waals surface area contributed by atoms with E-state index in [9.17, 15) is 9.59 Å². The number of benzene rings is 1. The van der Waals surface area contributed by atoms with E-state index in [1.807, 2.05) is 0 Å². The molecule has 1 saturated heterocycles. The summed E-state index contributed by atoms with van der Waals surface area (Å²) in [6, 6.07) is 6.09. The summed E-state index contributed by atoms with van der Waals surface area (Å²) < 4.78 is 1.15. The van der Waals surface area contributed by atoms with E-state index in [1.165, 1.54) is 0 Å². The second kappa shape index (κ2) is 7.94. The molecule has 3 rings (SSSR count). The zero-order chi connectivity index (χ0) is 19.7. The lowest BCUT2D eigenvalue weighted by atomic mass is 9.89. The van der Waals surface area contributed by atoms with Gasteiger partial charge in [-0.1, -0.05) is 19.9 Å². The van der Waals surface area contributed by atoms with Gasteiger partial charge < -0.3 is 15.5 Å². The van der Waals surface area contributed by atoms with E-state index in [4.69, 9.17) is 10.7 Å². The van der Waals surface area contributed by atoms with Crippen molar-refractivity contribution in [2.24, 2.45) is 11.7 Å². The largest absolute Gasteiger partial charge is 0.361 e. The molecule has 2 N–H and O–H groups in total. The van der Waals surface area contributed by atoms with E-state index in [1.54, 1.807) is 16.2 Å². The second-order valence-corrected chi connectivity index (χ2v) is 9.02. The molecule has 2 heterocycles. The van der Waals surface area contributed by atoms with Crippen molar-refractivity contribution in [3.8, 4) is 0 Å². The van der Waals surface area contributed by atoms with Gasteiger partial charge in [0.15, 0.2) is 0 Å². The molecule has 27 heavy (non-hydrogen) atoms. The summed E-state index contributed by atoms with van der Waals surface area (Å²) >= 11 is 1.72. The van der Waals surface area contributed by atoms with E-state index < -0.39 is 11.8 Å². The highest BCUT2D eigenvalue weighted by atomic mass is 32.1. The number of likely N-dealkylation sites (N-methyl/N-ethyl adjacent to an activating group) is 1. The molecule has 1 fully saturated rings. The van der Waals surface area contributed by atoms with Gasteiger partial charge in [0, 0.05) is 19.0 Å². The van der Waals surface area contributed by atoms with Crippen LogP contribution in [-0.4, -0.2) is 53.8 Å². The Labute approximate surface area is 164 Å². The number of carbonyl (C=O) groups is 2. The van der Waals surface area contributed by atoms with Gasteiger partial charge in [0.2, 0.25) is 0 Å². The van der Waals surface area contributed by atoms with Gasteiger partial charge in [0.05, 0.1) is 21.3 Å². The van der Waals surface area contributed by atoms with Crippen molar-refractivity contribution in [3.63, 3.8) is 0 Å². The number of primary amides is 1. The smallest absolute Gasteiger partial charge is 0.312 e. The summed E-state index contributed by atoms with van der Waals surface area (Å²) in [6.07, 6.45) is 1.85. The summed E-state index contributed by atoms with van der Waals surface area (Å²) in [5, 5.41) is 1.12. The summed E-state index contributed by atoms with van der Waals surface area (Å²) in [5.41, 5.74) is 7.26. The number of amides is 2. The number of nitrogens with two attached hydrogens (primary N) is 1. The van der Waals surface area contributed by atoms with Crippen LogP contribution in [0, 0.1) is 5.92 Å². The summed E-state index contributed by atoms with van der Waals surface area (Å²) in [6.45, 7) is 5.80. The topological polar surface area (TPSA) is 79.5 Å². The molecular weight excluding hydrogens is 360 g/mol. The van der Waals surface area contributed by atoms with Gasteiger partial charge >= 0.3 is 11.8 Å². The van der Waals surface area contributed by atoms with Gasteiger partial charge in [0.25, 0.3) is 0 Å². The maximum atomic E-state index is 12.3. The van der Waals surface area contributed by atoms with Gasteiger partial charge in [-0.25, -0.2) is 4.98 Å². The van der Waals surface area contributed by atoms with Crippen molar-refractivity contribution in [1.29, 1.82) is 0 Å². The Morgan fingerprint density at radius 3 is 2.78 bits per heavy atom. The monoisotopic (exact) mass is 388 g/mol. The first-order chi connectivity index (χ1) is 12.8. The zero-order valence-corrected chi connectivity index (χ0v) is 17.3. The van der Waals surface area contributed by atoms with Gasteiger partial charge in [0.1, 0.15) is 0 Å². The third kappa shape index (κ3) is 4.30. The molecule has 0 bridgehead atoms. The van der Waals surface area contributed by atoms with E-state index >= 15 is 0 Å². The number of carbonyl (C=O) groups excluding carboxylic acids is 2. The van der Waals surface area contributed by atoms with Crippen molar-refractivity contribution >= 4 is 33.4 Å². The van der Waals surface area contributed by atoms with Crippen LogP contribution in [0.15, 0.2) is 18.2 Å². The molecule has 146 valence electrons. The van der Waals surface area contributed by atoms with Gasteiger partial charge in [-0.2, -0.15) is 0 Å². The lowest BCUT2D eigenvalue weighted by Crippen LogP contribution is -2.46. The van der Waals surface area contributed by atoms with Crippen molar-refractivity contribution < 1.29 is 9.59 Å². The fraction of sp³-hybridized carbons (Fsp3) is 0.550. The Morgan fingerprint density at radius 1 is 1.37 bits per heavy atom. The molecule has 3 atom stereocenters. The average molecular weight is 389 g/mol. The number of rotatable bonds is 4. The van der Waals surface area contributed by atoms with E-state index in [0.29, 0.717) is 18.4 Å². The van der Waals surface area contributed by atoms with Gasteiger partial charge in [-0.15, -0.1) is 11.3 Å². The van der Waals surface area contributed by atoms with Crippen LogP contribution >= 0.6 is 11.3 Å². The molecule has 1 aliphatic rings. The minimum absolute atomic E-state index is 0.116. The molecule has 1 aliphatic heterocycles. The summed E-state index contributed by atoms with van der Waals surface area (Å²) in [4.78, 5) is 32.4. The first-order valence-electron chi connectivity index (χ1n) is 9.41. The number of hydrogen-bond acceptors (Lipinski definition) is 5. The molecule has 2 aromatic rings. The Bertz CT molecular complexity index is 848. The number of piperidine rings is 1. The molecule has 0 spiro atoms. The van der Waals surface area contributed by atoms with E-state index in [-0.39, 0.29) is 6.04 Å². The van der Waals surface area contributed by atoms with Crippen LogP contribution in [-0.2, 0) is 9.59 Å². The normalized spacial score (nSPS) is 21.6. The quantitative estimate of drug-likeness (QED) is 0.817. The maximum Gasteiger partial charge on any atom is 0.312 e. The average Bonchev–Trinajstić information content (AvgIpc) is 3.03. The molecule has 1 aromatic carbocycles. The molecule has 0 saturated carbocycles. The molecule has 6 nitrogen and oxygen atoms in total. The van der Waals surface area contributed by atoms with Crippen molar-refractivity contribution in [3.05, 3.63) is 28.8 Å². The molecule has 7 heteroatoms. The Hall–Kier alpha value is -1.99. The predicted octanol–water partition coefficient (Wildman–Crippen LogP) is 2.75. The number of hydrogen-bond donors (Lipinski definition) is 1.